The van der Waals surface area contributed by atoms with Crippen molar-refractivity contribution in [3.8, 4) is 5.75 Å². The molecule has 0 aliphatic heterocycles. The molecule has 0 saturated heterocycles. The lowest BCUT2D eigenvalue weighted by molar-refractivity contribution is 0.331. The Morgan fingerprint density at radius 2 is 1.75 bits per heavy atom. The second-order valence-corrected chi connectivity index (χ2v) is 9.71. The molecule has 3 N–H and O–H groups in total. The fourth-order valence-electron chi connectivity index (χ4n) is 2.90. The van der Waals surface area contributed by atoms with Crippen molar-refractivity contribution in [2.24, 2.45) is 0 Å². The summed E-state index contributed by atoms with van der Waals surface area (Å²) in [6, 6.07) is 14.7. The van der Waals surface area contributed by atoms with Crippen molar-refractivity contribution in [3.63, 3.8) is 0 Å². The topological polar surface area (TPSA) is 105 Å². The van der Waals surface area contributed by atoms with Gasteiger partial charge in [0, 0.05) is 35.0 Å². The molecule has 3 rings (SSSR count). The molecule has 0 atom stereocenters. The van der Waals surface area contributed by atoms with Crippen LogP contribution in [-0.4, -0.2) is 38.1 Å². The quantitative estimate of drug-likeness (QED) is 0.341. The molecule has 2 aromatic carbocycles. The largest absolute Gasteiger partial charge is 0.492 e. The van der Waals surface area contributed by atoms with E-state index in [9.17, 15) is 8.42 Å². The van der Waals surface area contributed by atoms with E-state index in [0.29, 0.717) is 35.1 Å². The van der Waals surface area contributed by atoms with Crippen molar-refractivity contribution < 1.29 is 13.2 Å². The van der Waals surface area contributed by atoms with E-state index < -0.39 is 10.0 Å². The number of halogens is 1. The van der Waals surface area contributed by atoms with Gasteiger partial charge in [0.25, 0.3) is 0 Å². The number of benzene rings is 2. The molecule has 1 aromatic heterocycles. The number of rotatable bonds is 10. The first-order valence-corrected chi connectivity index (χ1v) is 12.4. The smallest absolute Gasteiger partial charge is 0.244 e. The Morgan fingerprint density at radius 1 is 1.00 bits per heavy atom. The lowest BCUT2D eigenvalue weighted by Crippen LogP contribution is -2.29. The van der Waals surface area contributed by atoms with Crippen LogP contribution in [0.4, 0.5) is 17.5 Å². The Hall–Kier alpha value is -2.69. The van der Waals surface area contributed by atoms with Gasteiger partial charge < -0.3 is 15.4 Å². The Bertz CT molecular complexity index is 1170. The van der Waals surface area contributed by atoms with E-state index in [2.05, 4.69) is 41.3 Å². The van der Waals surface area contributed by atoms with Crippen LogP contribution in [0.3, 0.4) is 0 Å². The molecular formula is C22H26BrN5O3S. The average Bonchev–Trinajstić information content (AvgIpc) is 2.74. The number of sulfonamides is 1. The van der Waals surface area contributed by atoms with Crippen LogP contribution >= 0.6 is 15.9 Å². The molecule has 0 radical (unpaired) electrons. The number of ether oxygens (including phenoxy) is 1. The van der Waals surface area contributed by atoms with Gasteiger partial charge in [0.15, 0.2) is 0 Å². The summed E-state index contributed by atoms with van der Waals surface area (Å²) >= 11 is 3.31. The molecule has 8 nitrogen and oxygen atoms in total. The molecule has 32 heavy (non-hydrogen) atoms. The van der Waals surface area contributed by atoms with E-state index in [1.807, 2.05) is 44.2 Å². The minimum atomic E-state index is -3.75. The minimum absolute atomic E-state index is 0.0881. The molecule has 0 fully saturated rings. The van der Waals surface area contributed by atoms with E-state index >= 15 is 0 Å². The van der Waals surface area contributed by atoms with Gasteiger partial charge in [-0.25, -0.2) is 18.1 Å². The fraction of sp³-hybridized carbons (Fsp3) is 0.273. The van der Waals surface area contributed by atoms with Gasteiger partial charge in [0.2, 0.25) is 16.0 Å². The maximum absolute atomic E-state index is 12.7. The van der Waals surface area contributed by atoms with E-state index in [1.54, 1.807) is 19.1 Å². The number of hydrogen-bond donors (Lipinski definition) is 3. The number of aromatic nitrogens is 2. The van der Waals surface area contributed by atoms with Gasteiger partial charge in [0.1, 0.15) is 16.5 Å². The minimum Gasteiger partial charge on any atom is -0.492 e. The lowest BCUT2D eigenvalue weighted by atomic mass is 10.2. The molecule has 0 aliphatic carbocycles. The van der Waals surface area contributed by atoms with E-state index in [0.717, 1.165) is 11.4 Å². The molecule has 10 heteroatoms. The van der Waals surface area contributed by atoms with Crippen molar-refractivity contribution in [2.45, 2.75) is 25.7 Å². The van der Waals surface area contributed by atoms with Crippen LogP contribution in [0.25, 0.3) is 0 Å². The first-order valence-electron chi connectivity index (χ1n) is 10.1. The Labute approximate surface area is 197 Å². The Balaban J connectivity index is 1.61. The van der Waals surface area contributed by atoms with Crippen molar-refractivity contribution >= 4 is 43.4 Å². The van der Waals surface area contributed by atoms with Gasteiger partial charge in [-0.1, -0.05) is 33.6 Å². The van der Waals surface area contributed by atoms with Crippen LogP contribution in [0.5, 0.6) is 5.75 Å². The van der Waals surface area contributed by atoms with Crippen LogP contribution in [0.15, 0.2) is 57.9 Å². The van der Waals surface area contributed by atoms with Gasteiger partial charge in [-0.15, -0.1) is 0 Å². The second-order valence-electron chi connectivity index (χ2n) is 7.06. The normalized spacial score (nSPS) is 11.2. The molecule has 0 spiro atoms. The van der Waals surface area contributed by atoms with Gasteiger partial charge in [0.05, 0.1) is 6.61 Å². The number of aryl methyl sites for hydroxylation is 2. The molecule has 170 valence electrons. The van der Waals surface area contributed by atoms with Gasteiger partial charge in [-0.05, 0) is 51.1 Å². The number of hydrogen-bond acceptors (Lipinski definition) is 7. The molecule has 0 bridgehead atoms. The highest BCUT2D eigenvalue weighted by Gasteiger charge is 2.19. The van der Waals surface area contributed by atoms with Crippen molar-refractivity contribution in [1.82, 2.24) is 14.7 Å². The maximum Gasteiger partial charge on any atom is 0.244 e. The monoisotopic (exact) mass is 519 g/mol. The third-order valence-corrected chi connectivity index (χ3v) is 6.35. The van der Waals surface area contributed by atoms with Crippen LogP contribution in [-0.2, 0) is 10.0 Å². The maximum atomic E-state index is 12.7. The van der Waals surface area contributed by atoms with Gasteiger partial charge in [-0.2, -0.15) is 4.98 Å². The summed E-state index contributed by atoms with van der Waals surface area (Å²) in [5.41, 5.74) is 2.88. The Morgan fingerprint density at radius 3 is 2.47 bits per heavy atom. The van der Waals surface area contributed by atoms with Crippen LogP contribution in [0.1, 0.15) is 18.2 Å². The number of anilines is 3. The zero-order valence-corrected chi connectivity index (χ0v) is 20.5. The van der Waals surface area contributed by atoms with Gasteiger partial charge in [-0.3, -0.25) is 0 Å². The molecule has 3 aromatic rings. The third kappa shape index (κ3) is 6.65. The summed E-state index contributed by atoms with van der Waals surface area (Å²) in [6.45, 7) is 6.54. The summed E-state index contributed by atoms with van der Waals surface area (Å²) in [6.07, 6.45) is 0. The summed E-state index contributed by atoms with van der Waals surface area (Å²) in [4.78, 5) is 8.91. The summed E-state index contributed by atoms with van der Waals surface area (Å²) in [7, 11) is -3.75. The first-order chi connectivity index (χ1) is 15.3. The van der Waals surface area contributed by atoms with E-state index in [1.165, 1.54) is 11.6 Å². The van der Waals surface area contributed by atoms with Crippen molar-refractivity contribution in [3.05, 3.63) is 64.3 Å². The third-order valence-electron chi connectivity index (χ3n) is 4.37. The van der Waals surface area contributed by atoms with Crippen molar-refractivity contribution in [2.75, 3.05) is 30.3 Å². The zero-order valence-electron chi connectivity index (χ0n) is 18.1. The van der Waals surface area contributed by atoms with Gasteiger partial charge >= 0.3 is 0 Å². The highest BCUT2D eigenvalue weighted by Crippen LogP contribution is 2.27. The predicted octanol–water partition coefficient (Wildman–Crippen LogP) is 4.39. The standard InChI is InChI=1S/C22H26BrN5O3S/c1-4-31-19-10-7-17(23)14-20(19)32(29,30)25-12-11-24-22-26-16(3)13-21(28-22)27-18-8-5-15(2)6-9-18/h5-10,13-14,25H,4,11-12H2,1-3H3,(H2,24,26,27,28). The van der Waals surface area contributed by atoms with Crippen LogP contribution < -0.4 is 20.1 Å². The van der Waals surface area contributed by atoms with E-state index in [4.69, 9.17) is 4.74 Å². The number of nitrogens with one attached hydrogen (secondary N) is 3. The average molecular weight is 520 g/mol. The molecule has 0 unspecified atom stereocenters. The number of nitrogens with zero attached hydrogens (tertiary/aromatic N) is 2. The lowest BCUT2D eigenvalue weighted by Gasteiger charge is -2.13. The highest BCUT2D eigenvalue weighted by atomic mass is 79.9. The fourth-order valence-corrected chi connectivity index (χ4v) is 4.61. The summed E-state index contributed by atoms with van der Waals surface area (Å²) in [5.74, 6) is 1.38. The van der Waals surface area contributed by atoms with E-state index in [-0.39, 0.29) is 11.4 Å². The zero-order chi connectivity index (χ0) is 23.1. The molecule has 0 amide bonds. The van der Waals surface area contributed by atoms with Crippen LogP contribution in [0, 0.1) is 13.8 Å². The Kier molecular flexibility index (Phi) is 8.05. The van der Waals surface area contributed by atoms with Crippen LogP contribution in [0.2, 0.25) is 0 Å². The molecule has 0 aliphatic rings. The summed E-state index contributed by atoms with van der Waals surface area (Å²) < 4.78 is 34.2. The molecular weight excluding hydrogens is 494 g/mol. The highest BCUT2D eigenvalue weighted by molar-refractivity contribution is 9.10. The SMILES string of the molecule is CCOc1ccc(Br)cc1S(=O)(=O)NCCNc1nc(C)cc(Nc2ccc(C)cc2)n1. The van der Waals surface area contributed by atoms with Crippen molar-refractivity contribution in [1.29, 1.82) is 0 Å². The summed E-state index contributed by atoms with van der Waals surface area (Å²) in [5, 5.41) is 6.32. The molecule has 1 heterocycles. The first kappa shape index (κ1) is 24.0. The second kappa shape index (κ2) is 10.8. The predicted molar refractivity (Wildman–Crippen MR) is 130 cm³/mol. The molecule has 0 saturated carbocycles.